The molecule has 2 N–H and O–H groups in total. The van der Waals surface area contributed by atoms with Crippen LogP contribution in [0.3, 0.4) is 0 Å². The lowest BCUT2D eigenvalue weighted by Crippen LogP contribution is -2.47. The number of hydrogen-bond donors (Lipinski definition) is 2. The van der Waals surface area contributed by atoms with E-state index in [1.54, 1.807) is 0 Å². The lowest BCUT2D eigenvalue weighted by molar-refractivity contribution is -0.135. The number of nitrogens with one attached hydrogen (secondary N) is 2. The summed E-state index contributed by atoms with van der Waals surface area (Å²) in [6.45, 7) is 6.96. The highest BCUT2D eigenvalue weighted by Crippen LogP contribution is 2.26. The standard InChI is InChI=1S/C20H39N5O.HI/c1-4-5-13-24(3)15-12-22-20(21-2)23-18-11-14-25(16-18)19(26)17-9-7-6-8-10-17;/h17-18H,4-16H2,1-3H3,(H2,21,22,23);1H. The molecule has 2 fully saturated rings. The van der Waals surface area contributed by atoms with Gasteiger partial charge >= 0.3 is 0 Å². The lowest BCUT2D eigenvalue weighted by Gasteiger charge is -2.26. The van der Waals surface area contributed by atoms with E-state index in [9.17, 15) is 4.79 Å². The van der Waals surface area contributed by atoms with E-state index < -0.39 is 0 Å². The molecule has 7 heteroatoms. The molecule has 1 unspecified atom stereocenters. The highest BCUT2D eigenvalue weighted by molar-refractivity contribution is 14.0. The first kappa shape index (κ1) is 24.5. The van der Waals surface area contributed by atoms with Crippen LogP contribution in [0, 0.1) is 5.92 Å². The molecule has 0 aromatic carbocycles. The van der Waals surface area contributed by atoms with Crippen molar-refractivity contribution in [1.82, 2.24) is 20.4 Å². The first-order valence-corrected chi connectivity index (χ1v) is 10.6. The minimum absolute atomic E-state index is 0. The monoisotopic (exact) mass is 493 g/mol. The summed E-state index contributed by atoms with van der Waals surface area (Å²) in [6, 6.07) is 0.312. The summed E-state index contributed by atoms with van der Waals surface area (Å²) in [5, 5.41) is 6.90. The van der Waals surface area contributed by atoms with Crippen molar-refractivity contribution >= 4 is 35.8 Å². The molecule has 1 heterocycles. The van der Waals surface area contributed by atoms with E-state index in [4.69, 9.17) is 0 Å². The lowest BCUT2D eigenvalue weighted by atomic mass is 9.88. The molecular formula is C20H40IN5O. The maximum absolute atomic E-state index is 12.7. The van der Waals surface area contributed by atoms with Crippen LogP contribution in [0.4, 0.5) is 0 Å². The first-order valence-electron chi connectivity index (χ1n) is 10.6. The Hall–Kier alpha value is -0.570. The van der Waals surface area contributed by atoms with E-state index >= 15 is 0 Å². The van der Waals surface area contributed by atoms with E-state index in [0.29, 0.717) is 11.9 Å². The van der Waals surface area contributed by atoms with Crippen LogP contribution in [0.25, 0.3) is 0 Å². The maximum Gasteiger partial charge on any atom is 0.225 e. The van der Waals surface area contributed by atoms with E-state index in [1.807, 2.05) is 7.05 Å². The van der Waals surface area contributed by atoms with Crippen LogP contribution in [0.15, 0.2) is 4.99 Å². The molecule has 1 saturated carbocycles. The first-order chi connectivity index (χ1) is 12.6. The Kier molecular flexibility index (Phi) is 12.3. The van der Waals surface area contributed by atoms with Crippen molar-refractivity contribution in [1.29, 1.82) is 0 Å². The van der Waals surface area contributed by atoms with Crippen molar-refractivity contribution in [3.05, 3.63) is 0 Å². The molecule has 1 atom stereocenters. The smallest absolute Gasteiger partial charge is 0.225 e. The number of carbonyl (C=O) groups is 1. The second kappa shape index (κ2) is 13.6. The third kappa shape index (κ3) is 8.54. The third-order valence-electron chi connectivity index (χ3n) is 5.70. The van der Waals surface area contributed by atoms with Crippen LogP contribution >= 0.6 is 24.0 Å². The summed E-state index contributed by atoms with van der Waals surface area (Å²) in [6.07, 6.45) is 9.39. The Morgan fingerprint density at radius 2 is 1.93 bits per heavy atom. The van der Waals surface area contributed by atoms with Crippen LogP contribution in [-0.4, -0.2) is 74.5 Å². The normalized spacial score (nSPS) is 21.3. The molecule has 2 rings (SSSR count). The van der Waals surface area contributed by atoms with Crippen molar-refractivity contribution in [2.24, 2.45) is 10.9 Å². The number of carbonyl (C=O) groups excluding carboxylic acids is 1. The van der Waals surface area contributed by atoms with Gasteiger partial charge in [0, 0.05) is 45.2 Å². The van der Waals surface area contributed by atoms with Gasteiger partial charge in [-0.25, -0.2) is 0 Å². The molecule has 1 aliphatic carbocycles. The maximum atomic E-state index is 12.7. The second-order valence-corrected chi connectivity index (χ2v) is 7.90. The second-order valence-electron chi connectivity index (χ2n) is 7.90. The van der Waals surface area contributed by atoms with E-state index in [2.05, 4.69) is 39.4 Å². The van der Waals surface area contributed by atoms with Gasteiger partial charge in [0.05, 0.1) is 0 Å². The Labute approximate surface area is 182 Å². The predicted octanol–water partition coefficient (Wildman–Crippen LogP) is 2.68. The molecule has 1 saturated heterocycles. The summed E-state index contributed by atoms with van der Waals surface area (Å²) < 4.78 is 0. The number of guanidine groups is 1. The molecule has 0 bridgehead atoms. The Morgan fingerprint density at radius 3 is 2.59 bits per heavy atom. The summed E-state index contributed by atoms with van der Waals surface area (Å²) in [4.78, 5) is 21.4. The van der Waals surface area contributed by atoms with Gasteiger partial charge in [-0.3, -0.25) is 9.79 Å². The molecule has 1 amide bonds. The van der Waals surface area contributed by atoms with E-state index in [1.165, 1.54) is 32.1 Å². The van der Waals surface area contributed by atoms with Crippen LogP contribution in [0.1, 0.15) is 58.3 Å². The Morgan fingerprint density at radius 1 is 1.19 bits per heavy atom. The average Bonchev–Trinajstić information content (AvgIpc) is 3.14. The highest BCUT2D eigenvalue weighted by atomic mass is 127. The molecule has 1 aliphatic heterocycles. The summed E-state index contributed by atoms with van der Waals surface area (Å²) >= 11 is 0. The van der Waals surface area contributed by atoms with Crippen LogP contribution in [0.5, 0.6) is 0 Å². The zero-order chi connectivity index (χ0) is 18.8. The van der Waals surface area contributed by atoms with Gasteiger partial charge in [-0.05, 0) is 39.3 Å². The zero-order valence-corrected chi connectivity index (χ0v) is 19.8. The number of likely N-dealkylation sites (N-methyl/N-ethyl adjacent to an activating group) is 1. The van der Waals surface area contributed by atoms with Gasteiger partial charge in [-0.1, -0.05) is 32.6 Å². The van der Waals surface area contributed by atoms with Gasteiger partial charge in [0.1, 0.15) is 0 Å². The number of amides is 1. The molecule has 27 heavy (non-hydrogen) atoms. The van der Waals surface area contributed by atoms with Gasteiger partial charge in [-0.2, -0.15) is 0 Å². The number of aliphatic imine (C=N–C) groups is 1. The van der Waals surface area contributed by atoms with Gasteiger partial charge < -0.3 is 20.4 Å². The van der Waals surface area contributed by atoms with E-state index in [-0.39, 0.29) is 29.9 Å². The molecule has 0 radical (unpaired) electrons. The Balaban J connectivity index is 0.00000364. The Bertz CT molecular complexity index is 454. The fraction of sp³-hybridized carbons (Fsp3) is 0.900. The van der Waals surface area contributed by atoms with Gasteiger partial charge in [0.2, 0.25) is 5.91 Å². The fourth-order valence-corrected chi connectivity index (χ4v) is 3.98. The largest absolute Gasteiger partial charge is 0.355 e. The van der Waals surface area contributed by atoms with Gasteiger partial charge in [-0.15, -0.1) is 24.0 Å². The number of unbranched alkanes of at least 4 members (excludes halogenated alkanes) is 1. The van der Waals surface area contributed by atoms with Crippen LogP contribution in [0.2, 0.25) is 0 Å². The van der Waals surface area contributed by atoms with Crippen molar-refractivity contribution in [2.45, 2.75) is 64.3 Å². The number of nitrogens with zero attached hydrogens (tertiary/aromatic N) is 3. The van der Waals surface area contributed by atoms with Gasteiger partial charge in [0.15, 0.2) is 5.96 Å². The SMILES string of the molecule is CCCCN(C)CCNC(=NC)NC1CCN(C(=O)C2CCCCC2)C1.I. The molecular weight excluding hydrogens is 453 g/mol. The topological polar surface area (TPSA) is 60.0 Å². The number of halogens is 1. The fourth-order valence-electron chi connectivity index (χ4n) is 3.98. The zero-order valence-electron chi connectivity index (χ0n) is 17.5. The minimum Gasteiger partial charge on any atom is -0.355 e. The van der Waals surface area contributed by atoms with Crippen LogP contribution in [-0.2, 0) is 4.79 Å². The highest BCUT2D eigenvalue weighted by Gasteiger charge is 2.31. The van der Waals surface area contributed by atoms with E-state index in [0.717, 1.165) is 57.9 Å². The number of hydrogen-bond acceptors (Lipinski definition) is 3. The van der Waals surface area contributed by atoms with Crippen molar-refractivity contribution in [2.75, 3.05) is 46.8 Å². The summed E-state index contributed by atoms with van der Waals surface area (Å²) in [7, 11) is 3.98. The molecule has 0 aromatic rings. The minimum atomic E-state index is 0. The molecule has 0 spiro atoms. The molecule has 6 nitrogen and oxygen atoms in total. The predicted molar refractivity (Wildman–Crippen MR) is 124 cm³/mol. The third-order valence-corrected chi connectivity index (χ3v) is 5.70. The molecule has 2 aliphatic rings. The quantitative estimate of drug-likeness (QED) is 0.310. The molecule has 158 valence electrons. The van der Waals surface area contributed by atoms with Crippen molar-refractivity contribution in [3.63, 3.8) is 0 Å². The number of rotatable bonds is 8. The van der Waals surface area contributed by atoms with Gasteiger partial charge in [0.25, 0.3) is 0 Å². The van der Waals surface area contributed by atoms with Crippen molar-refractivity contribution in [3.8, 4) is 0 Å². The summed E-state index contributed by atoms with van der Waals surface area (Å²) in [5.74, 6) is 1.51. The molecule has 0 aromatic heterocycles. The van der Waals surface area contributed by atoms with Crippen molar-refractivity contribution < 1.29 is 4.79 Å². The average molecular weight is 493 g/mol. The van der Waals surface area contributed by atoms with Crippen LogP contribution < -0.4 is 10.6 Å². The number of likely N-dealkylation sites (tertiary alicyclic amines) is 1. The summed E-state index contributed by atoms with van der Waals surface area (Å²) in [5.41, 5.74) is 0.